The smallest absolute Gasteiger partial charge is 0.226 e. The Kier molecular flexibility index (Phi) is 3.14. The number of carbonyl (C=O) groups excluding carboxylic acids is 1. The minimum Gasteiger partial charge on any atom is -0.332 e. The van der Waals surface area contributed by atoms with Crippen LogP contribution in [0.1, 0.15) is 32.1 Å². The van der Waals surface area contributed by atoms with Gasteiger partial charge in [-0.25, -0.2) is 0 Å². The van der Waals surface area contributed by atoms with Gasteiger partial charge in [-0.2, -0.15) is 0 Å². The van der Waals surface area contributed by atoms with Crippen LogP contribution in [0.2, 0.25) is 0 Å². The Bertz CT molecular complexity index is 183. The average molecular weight is 199 g/mol. The van der Waals surface area contributed by atoms with Gasteiger partial charge in [0.15, 0.2) is 0 Å². The molecule has 0 radical (unpaired) electrons. The second-order valence-electron chi connectivity index (χ2n) is 3.97. The molecule has 1 aliphatic carbocycles. The highest BCUT2D eigenvalue weighted by atomic mass is 32.2. The zero-order chi connectivity index (χ0) is 9.10. The molecule has 2 nitrogen and oxygen atoms in total. The predicted octanol–water partition coefficient (Wildman–Crippen LogP) is 2.10. The van der Waals surface area contributed by atoms with E-state index in [0.717, 1.165) is 31.0 Å². The van der Waals surface area contributed by atoms with Crippen LogP contribution in [0.5, 0.6) is 0 Å². The van der Waals surface area contributed by atoms with Crippen molar-refractivity contribution in [3.05, 3.63) is 0 Å². The van der Waals surface area contributed by atoms with E-state index < -0.39 is 0 Å². The Balaban J connectivity index is 1.87. The first-order chi connectivity index (χ1) is 6.38. The molecule has 0 atom stereocenters. The van der Waals surface area contributed by atoms with E-state index in [1.165, 1.54) is 19.3 Å². The second kappa shape index (κ2) is 4.36. The van der Waals surface area contributed by atoms with Gasteiger partial charge in [0.1, 0.15) is 0 Å². The van der Waals surface area contributed by atoms with Crippen LogP contribution in [0.3, 0.4) is 0 Å². The van der Waals surface area contributed by atoms with Crippen LogP contribution in [-0.4, -0.2) is 29.0 Å². The third-order valence-electron chi connectivity index (χ3n) is 3.02. The van der Waals surface area contributed by atoms with Crippen molar-refractivity contribution in [1.29, 1.82) is 0 Å². The van der Waals surface area contributed by atoms with E-state index in [1.807, 2.05) is 16.7 Å². The molecule has 1 heterocycles. The van der Waals surface area contributed by atoms with Crippen molar-refractivity contribution in [3.63, 3.8) is 0 Å². The lowest BCUT2D eigenvalue weighted by Crippen LogP contribution is -2.34. The van der Waals surface area contributed by atoms with Crippen LogP contribution in [0, 0.1) is 5.92 Å². The van der Waals surface area contributed by atoms with Gasteiger partial charge in [-0.1, -0.05) is 19.3 Å². The molecule has 1 saturated heterocycles. The fourth-order valence-electron chi connectivity index (χ4n) is 2.20. The number of amides is 1. The quantitative estimate of drug-likeness (QED) is 0.644. The summed E-state index contributed by atoms with van der Waals surface area (Å²) < 4.78 is 0. The van der Waals surface area contributed by atoms with Gasteiger partial charge >= 0.3 is 0 Å². The summed E-state index contributed by atoms with van der Waals surface area (Å²) in [4.78, 5) is 14.0. The molecule has 74 valence electrons. The molecule has 13 heavy (non-hydrogen) atoms. The van der Waals surface area contributed by atoms with Crippen molar-refractivity contribution in [2.45, 2.75) is 32.1 Å². The van der Waals surface area contributed by atoms with Crippen molar-refractivity contribution in [2.24, 2.45) is 5.92 Å². The van der Waals surface area contributed by atoms with Gasteiger partial charge in [-0.15, -0.1) is 11.8 Å². The Morgan fingerprint density at radius 1 is 1.23 bits per heavy atom. The summed E-state index contributed by atoms with van der Waals surface area (Å²) in [7, 11) is 0. The summed E-state index contributed by atoms with van der Waals surface area (Å²) in [6.07, 6.45) is 6.13. The Hall–Kier alpha value is -0.180. The lowest BCUT2D eigenvalue weighted by Gasteiger charge is -2.25. The summed E-state index contributed by atoms with van der Waals surface area (Å²) in [6, 6.07) is 0. The molecule has 0 bridgehead atoms. The molecule has 2 rings (SSSR count). The van der Waals surface area contributed by atoms with Gasteiger partial charge in [0.2, 0.25) is 5.91 Å². The third kappa shape index (κ3) is 2.19. The average Bonchev–Trinajstić information content (AvgIpc) is 2.71. The second-order valence-corrected chi connectivity index (χ2v) is 5.05. The maximum Gasteiger partial charge on any atom is 0.226 e. The number of hydrogen-bond acceptors (Lipinski definition) is 2. The van der Waals surface area contributed by atoms with E-state index >= 15 is 0 Å². The zero-order valence-corrected chi connectivity index (χ0v) is 8.81. The molecule has 0 aromatic carbocycles. The minimum absolute atomic E-state index is 0.368. The number of thioether (sulfide) groups is 1. The number of hydrogen-bond donors (Lipinski definition) is 0. The molecule has 0 N–H and O–H groups in total. The molecule has 0 aromatic heterocycles. The van der Waals surface area contributed by atoms with E-state index in [4.69, 9.17) is 0 Å². The van der Waals surface area contributed by atoms with Crippen LogP contribution < -0.4 is 0 Å². The van der Waals surface area contributed by atoms with Gasteiger partial charge in [-0.3, -0.25) is 4.79 Å². The maximum absolute atomic E-state index is 11.9. The summed E-state index contributed by atoms with van der Waals surface area (Å²) in [5.74, 6) is 2.88. The lowest BCUT2D eigenvalue weighted by molar-refractivity contribution is -0.135. The molecule has 0 spiro atoms. The monoisotopic (exact) mass is 199 g/mol. The highest BCUT2D eigenvalue weighted by Gasteiger charge is 2.27. The largest absolute Gasteiger partial charge is 0.332 e. The third-order valence-corrected chi connectivity index (χ3v) is 3.98. The minimum atomic E-state index is 0.368. The Morgan fingerprint density at radius 3 is 2.62 bits per heavy atom. The highest BCUT2D eigenvalue weighted by molar-refractivity contribution is 7.99. The molecular formula is C10H17NOS. The van der Waals surface area contributed by atoms with Crippen molar-refractivity contribution < 1.29 is 4.79 Å². The number of carbonyl (C=O) groups is 1. The van der Waals surface area contributed by atoms with Crippen molar-refractivity contribution in [1.82, 2.24) is 4.90 Å². The Labute approximate surface area is 84.1 Å². The van der Waals surface area contributed by atoms with Crippen LogP contribution in [0.15, 0.2) is 0 Å². The standard InChI is InChI=1S/C10H17NOS/c12-10(11-6-7-13-8-11)9-4-2-1-3-5-9/h9H,1-8H2. The predicted molar refractivity (Wildman–Crippen MR) is 55.6 cm³/mol. The van der Waals surface area contributed by atoms with E-state index in [9.17, 15) is 4.79 Å². The van der Waals surface area contributed by atoms with Gasteiger partial charge < -0.3 is 4.90 Å². The van der Waals surface area contributed by atoms with Crippen LogP contribution >= 0.6 is 11.8 Å². The Morgan fingerprint density at radius 2 is 2.00 bits per heavy atom. The number of nitrogens with zero attached hydrogens (tertiary/aromatic N) is 1. The van der Waals surface area contributed by atoms with E-state index in [1.54, 1.807) is 0 Å². The molecule has 1 saturated carbocycles. The molecule has 2 aliphatic rings. The molecule has 3 heteroatoms. The molecular weight excluding hydrogens is 182 g/mol. The SMILES string of the molecule is O=C(C1CCCCC1)N1CCSC1. The number of rotatable bonds is 1. The molecule has 1 amide bonds. The molecule has 2 fully saturated rings. The fraction of sp³-hybridized carbons (Fsp3) is 0.900. The normalized spacial score (nSPS) is 25.1. The van der Waals surface area contributed by atoms with E-state index in [-0.39, 0.29) is 0 Å². The molecule has 1 aliphatic heterocycles. The topological polar surface area (TPSA) is 20.3 Å². The summed E-state index contributed by atoms with van der Waals surface area (Å²) in [6.45, 7) is 0.986. The first-order valence-electron chi connectivity index (χ1n) is 5.24. The first kappa shape index (κ1) is 9.38. The highest BCUT2D eigenvalue weighted by Crippen LogP contribution is 2.27. The van der Waals surface area contributed by atoms with Crippen LogP contribution in [0.4, 0.5) is 0 Å². The summed E-state index contributed by atoms with van der Waals surface area (Å²) >= 11 is 1.88. The van der Waals surface area contributed by atoms with Crippen LogP contribution in [0.25, 0.3) is 0 Å². The fourth-order valence-corrected chi connectivity index (χ4v) is 3.15. The molecule has 0 aromatic rings. The summed E-state index contributed by atoms with van der Waals surface area (Å²) in [5.41, 5.74) is 0. The molecule has 0 unspecified atom stereocenters. The van der Waals surface area contributed by atoms with Gasteiger partial charge in [0.25, 0.3) is 0 Å². The van der Waals surface area contributed by atoms with E-state index in [2.05, 4.69) is 0 Å². The van der Waals surface area contributed by atoms with Gasteiger partial charge in [0, 0.05) is 18.2 Å². The first-order valence-corrected chi connectivity index (χ1v) is 6.40. The van der Waals surface area contributed by atoms with Gasteiger partial charge in [0.05, 0.1) is 5.88 Å². The van der Waals surface area contributed by atoms with Crippen molar-refractivity contribution in [2.75, 3.05) is 18.2 Å². The lowest BCUT2D eigenvalue weighted by atomic mass is 9.88. The summed E-state index contributed by atoms with van der Waals surface area (Å²) in [5, 5.41) is 0. The van der Waals surface area contributed by atoms with E-state index in [0.29, 0.717) is 11.8 Å². The van der Waals surface area contributed by atoms with Crippen LogP contribution in [-0.2, 0) is 4.79 Å². The maximum atomic E-state index is 11.9. The zero-order valence-electron chi connectivity index (χ0n) is 8.00. The van der Waals surface area contributed by atoms with Crippen molar-refractivity contribution in [3.8, 4) is 0 Å². The van der Waals surface area contributed by atoms with Crippen molar-refractivity contribution >= 4 is 17.7 Å². The van der Waals surface area contributed by atoms with Gasteiger partial charge in [-0.05, 0) is 12.8 Å².